The number of methoxy groups -OCH3 is 2. The number of hydrogen-bond acceptors (Lipinski definition) is 14. The van der Waals surface area contributed by atoms with Crippen molar-refractivity contribution in [3.05, 3.63) is 11.6 Å². The number of H-pyrrole nitrogens is 1. The van der Waals surface area contributed by atoms with E-state index in [9.17, 15) is 26.3 Å². The molecular weight excluding hydrogens is 638 g/mol. The van der Waals surface area contributed by atoms with Crippen molar-refractivity contribution < 1.29 is 55.2 Å². The fourth-order valence-corrected chi connectivity index (χ4v) is 3.53. The molecule has 0 saturated carbocycles. The van der Waals surface area contributed by atoms with Gasteiger partial charge in [0, 0.05) is 13.7 Å². The lowest BCUT2D eigenvalue weighted by Gasteiger charge is -2.24. The van der Waals surface area contributed by atoms with Crippen LogP contribution >= 0.6 is 0 Å². The average Bonchev–Trinajstić information content (AvgIpc) is 3.60. The number of aryl methyl sites for hydroxylation is 2. The first-order valence-electron chi connectivity index (χ1n) is 12.8. The van der Waals surface area contributed by atoms with Crippen molar-refractivity contribution in [2.24, 2.45) is 0 Å². The summed E-state index contributed by atoms with van der Waals surface area (Å²) in [7, 11) is 4.10. The maximum absolute atomic E-state index is 10.4. The summed E-state index contributed by atoms with van der Waals surface area (Å²) in [6, 6.07) is 0.857. The summed E-state index contributed by atoms with van der Waals surface area (Å²) in [6.45, 7) is 4.31. The van der Waals surface area contributed by atoms with E-state index in [2.05, 4.69) is 34.9 Å². The predicted octanol–water partition coefficient (Wildman–Crippen LogP) is 2.78. The Morgan fingerprint density at radius 2 is 1.41 bits per heavy atom. The topological polar surface area (TPSA) is 232 Å². The average molecular weight is 671 g/mol. The number of ether oxygens (including phenoxy) is 3. The summed E-state index contributed by atoms with van der Waals surface area (Å²) in [4.78, 5) is 45.3. The molecule has 16 nitrogen and oxygen atoms in total. The maximum Gasteiger partial charge on any atom is 0.446 e. The number of nitrogens with zero attached hydrogens (tertiary/aromatic N) is 7. The van der Waals surface area contributed by atoms with Gasteiger partial charge in [-0.05, 0) is 33.1 Å². The van der Waals surface area contributed by atoms with Gasteiger partial charge in [-0.15, -0.1) is 0 Å². The first-order chi connectivity index (χ1) is 21.5. The molecule has 0 aliphatic carbocycles. The molecule has 5 rings (SSSR count). The van der Waals surface area contributed by atoms with Crippen molar-refractivity contribution in [1.82, 2.24) is 39.5 Å². The molecule has 0 amide bonds. The molecule has 0 radical (unpaired) electrons. The van der Waals surface area contributed by atoms with Crippen LogP contribution < -0.4 is 20.9 Å². The number of aliphatic hydroxyl groups is 1. The molecule has 4 aromatic rings. The van der Waals surface area contributed by atoms with Gasteiger partial charge in [0.05, 0.1) is 14.2 Å². The minimum atomic E-state index is -4.64. The van der Waals surface area contributed by atoms with Crippen LogP contribution in [0.25, 0.3) is 22.3 Å². The number of aromatic nitrogens is 8. The molecule has 1 aliphatic heterocycles. The highest BCUT2D eigenvalue weighted by Gasteiger charge is 2.26. The van der Waals surface area contributed by atoms with Crippen molar-refractivity contribution >= 4 is 46.5 Å². The lowest BCUT2D eigenvalue weighted by molar-refractivity contribution is -0.156. The van der Waals surface area contributed by atoms with E-state index in [0.29, 0.717) is 57.6 Å². The van der Waals surface area contributed by atoms with Crippen LogP contribution in [0.4, 0.5) is 38.0 Å². The van der Waals surface area contributed by atoms with Gasteiger partial charge >= 0.3 is 18.4 Å². The zero-order valence-electron chi connectivity index (χ0n) is 25.1. The van der Waals surface area contributed by atoms with Crippen molar-refractivity contribution in [2.45, 2.75) is 51.7 Å². The first kappa shape index (κ1) is 39.2. The molecule has 1 atom stereocenters. The summed E-state index contributed by atoms with van der Waals surface area (Å²) < 4.78 is 80.4. The lowest BCUT2D eigenvalue weighted by atomic mass is 10.2. The van der Waals surface area contributed by atoms with E-state index in [4.69, 9.17) is 40.4 Å². The van der Waals surface area contributed by atoms with Gasteiger partial charge in [-0.1, -0.05) is 0 Å². The molecule has 0 aromatic carbocycles. The maximum atomic E-state index is 10.4. The zero-order chi connectivity index (χ0) is 35.2. The third-order valence-corrected chi connectivity index (χ3v) is 5.20. The van der Waals surface area contributed by atoms with Gasteiger partial charge in [-0.25, -0.2) is 19.9 Å². The van der Waals surface area contributed by atoms with E-state index < -0.39 is 24.9 Å². The van der Waals surface area contributed by atoms with Crippen LogP contribution in [0.1, 0.15) is 37.1 Å². The highest BCUT2D eigenvalue weighted by molar-refractivity contribution is 5.83. The highest BCUT2D eigenvalue weighted by Crippen LogP contribution is 2.32. The molecule has 256 valence electrons. The molecule has 1 unspecified atom stereocenters. The number of nitrogen functional groups attached to an aromatic ring is 2. The molecule has 5 heterocycles. The number of rotatable bonds is 3. The summed E-state index contributed by atoms with van der Waals surface area (Å²) in [5.74, 6) is 1.97. The number of carbonyl (C=O) groups is 2. The minimum Gasteiger partial charge on any atom is -0.468 e. The van der Waals surface area contributed by atoms with Crippen LogP contribution in [0.15, 0.2) is 0 Å². The van der Waals surface area contributed by atoms with Gasteiger partial charge in [0.2, 0.25) is 12.6 Å². The highest BCUT2D eigenvalue weighted by atomic mass is 19.4. The molecule has 1 fully saturated rings. The van der Waals surface area contributed by atoms with Crippen LogP contribution in [-0.2, 0) is 14.3 Å². The third kappa shape index (κ3) is 11.9. The Kier molecular flexibility index (Phi) is 15.0. The molecule has 0 spiro atoms. The number of aromatic amines is 1. The predicted molar refractivity (Wildman–Crippen MR) is 150 cm³/mol. The fourth-order valence-electron chi connectivity index (χ4n) is 3.53. The summed E-state index contributed by atoms with van der Waals surface area (Å²) in [5, 5.41) is 7.00. The first-order valence-corrected chi connectivity index (χ1v) is 12.8. The molecule has 1 saturated heterocycles. The Morgan fingerprint density at radius 1 is 0.870 bits per heavy atom. The number of aldehydes is 2. The summed E-state index contributed by atoms with van der Waals surface area (Å²) in [5.41, 5.74) is 13.9. The van der Waals surface area contributed by atoms with Crippen molar-refractivity contribution in [3.8, 4) is 12.0 Å². The van der Waals surface area contributed by atoms with E-state index in [1.165, 1.54) is 7.11 Å². The molecule has 46 heavy (non-hydrogen) atoms. The van der Waals surface area contributed by atoms with E-state index in [0.717, 1.165) is 33.0 Å². The smallest absolute Gasteiger partial charge is 0.446 e. The Balaban J connectivity index is 0.000000339. The van der Waals surface area contributed by atoms with E-state index in [1.54, 1.807) is 21.0 Å². The number of anilines is 2. The summed E-state index contributed by atoms with van der Waals surface area (Å²) >= 11 is 0. The molecule has 22 heteroatoms. The lowest BCUT2D eigenvalue weighted by Crippen LogP contribution is -2.19. The van der Waals surface area contributed by atoms with Gasteiger partial charge in [0.1, 0.15) is 23.4 Å². The van der Waals surface area contributed by atoms with E-state index in [1.807, 2.05) is 4.57 Å². The van der Waals surface area contributed by atoms with E-state index >= 15 is 0 Å². The van der Waals surface area contributed by atoms with Gasteiger partial charge in [-0.3, -0.25) is 14.2 Å². The van der Waals surface area contributed by atoms with Crippen molar-refractivity contribution in [1.29, 1.82) is 0 Å². The Bertz CT molecular complexity index is 1540. The number of carbonyl (C=O) groups excluding carboxylic acids is 2. The quantitative estimate of drug-likeness (QED) is 0.181. The van der Waals surface area contributed by atoms with Crippen molar-refractivity contribution in [3.63, 3.8) is 0 Å². The Labute approximate surface area is 256 Å². The molecule has 1 aliphatic rings. The van der Waals surface area contributed by atoms with Gasteiger partial charge in [0.25, 0.3) is 6.01 Å². The number of halogens is 6. The number of hydrogen-bond donors (Lipinski definition) is 4. The second-order valence-electron chi connectivity index (χ2n) is 8.54. The van der Waals surface area contributed by atoms with Gasteiger partial charge < -0.3 is 35.8 Å². The van der Waals surface area contributed by atoms with Gasteiger partial charge in [0.15, 0.2) is 28.4 Å². The molecule has 0 bridgehead atoms. The monoisotopic (exact) mass is 670 g/mol. The second-order valence-corrected chi connectivity index (χ2v) is 8.54. The van der Waals surface area contributed by atoms with Crippen LogP contribution in [0.2, 0.25) is 0 Å². The van der Waals surface area contributed by atoms with E-state index in [-0.39, 0.29) is 6.23 Å². The van der Waals surface area contributed by atoms with Gasteiger partial charge in [-0.2, -0.15) is 36.3 Å². The molecule has 6 N–H and O–H groups in total. The number of nitrogens with one attached hydrogen (secondary N) is 1. The molecule has 4 aromatic heterocycles. The molecular formula is C24H32F6N10O6. The van der Waals surface area contributed by atoms with Crippen LogP contribution in [0.5, 0.6) is 12.0 Å². The minimum absolute atomic E-state index is 0.0950. The summed E-state index contributed by atoms with van der Waals surface area (Å²) in [6.07, 6.45) is -8.37. The van der Waals surface area contributed by atoms with Crippen LogP contribution in [0.3, 0.4) is 0 Å². The largest absolute Gasteiger partial charge is 0.468 e. The number of alkyl halides is 6. The number of imidazole rings is 2. The number of fused-ring (bicyclic) bond motifs is 2. The number of nitrogens with two attached hydrogens (primary N) is 2. The normalized spacial score (nSPS) is 14.2. The number of aliphatic hydroxyl groups excluding tert-OH is 1. The third-order valence-electron chi connectivity index (χ3n) is 5.20. The zero-order valence-corrected chi connectivity index (χ0v) is 25.1. The van der Waals surface area contributed by atoms with Crippen molar-refractivity contribution in [2.75, 3.05) is 39.4 Å². The van der Waals surface area contributed by atoms with Crippen LogP contribution in [0, 0.1) is 13.8 Å². The Morgan fingerprint density at radius 3 is 1.89 bits per heavy atom. The standard InChI is InChI=1S/C12H17N5O2.C7H9N5O.2C2HF3O.CH4O/c1-7-14-10(13)9-11(15-7)17(12(16-9)18-2)8-5-3-4-6-19-8;1-3-9-5(8)4-6(10-3)12-7(11-4)13-2;2*3-2(4,5)1-6;1-2/h8H,3-6H2,1-2H3,(H2,13,14,15);1-2H3,(H3,8,9,10,11,12);2*1H;2H,1H3. The fraction of sp³-hybridized carbons (Fsp3) is 0.500. The SMILES string of the molecule is CO.COc1nc2c(N)nc(C)nc2n1C1CCCCO1.COc1nc2nc(C)nc(N)c2[nH]1.O=CC(F)(F)F.O=CC(F)(F)F. The Hall–Kier alpha value is -4.86. The van der Waals surface area contributed by atoms with Crippen LogP contribution in [-0.4, -0.2) is 97.4 Å². The second kappa shape index (κ2) is 17.6.